The van der Waals surface area contributed by atoms with Gasteiger partial charge in [-0.3, -0.25) is 4.79 Å². The molecule has 1 heterocycles. The Morgan fingerprint density at radius 2 is 1.88 bits per heavy atom. The lowest BCUT2D eigenvalue weighted by molar-refractivity contribution is 0.0994. The van der Waals surface area contributed by atoms with Crippen molar-refractivity contribution in [3.05, 3.63) is 56.2 Å². The molecule has 0 N–H and O–H groups in total. The average molecular weight is 295 g/mol. The van der Waals surface area contributed by atoms with E-state index in [0.29, 0.717) is 6.42 Å². The minimum absolute atomic E-state index is 0.175. The van der Waals surface area contributed by atoms with Crippen LogP contribution in [0.1, 0.15) is 20.8 Å². The summed E-state index contributed by atoms with van der Waals surface area (Å²) < 4.78 is 1.07. The van der Waals surface area contributed by atoms with Crippen molar-refractivity contribution < 1.29 is 4.79 Å². The van der Waals surface area contributed by atoms with Gasteiger partial charge in [0.25, 0.3) is 0 Å². The van der Waals surface area contributed by atoms with Gasteiger partial charge in [0.05, 0.1) is 3.79 Å². The maximum absolute atomic E-state index is 11.9. The van der Waals surface area contributed by atoms with Gasteiger partial charge < -0.3 is 0 Å². The highest BCUT2D eigenvalue weighted by Gasteiger charge is 2.08. The molecule has 0 saturated heterocycles. The number of carbonyl (C=O) groups is 1. The summed E-state index contributed by atoms with van der Waals surface area (Å²) in [6, 6.07) is 11.7. The van der Waals surface area contributed by atoms with Crippen molar-refractivity contribution in [2.24, 2.45) is 0 Å². The predicted octanol–water partition coefficient (Wildman–Crippen LogP) is 4.24. The lowest BCUT2D eigenvalue weighted by Gasteiger charge is -1.99. The number of hydrogen-bond donors (Lipinski definition) is 0. The van der Waals surface area contributed by atoms with E-state index < -0.39 is 0 Å². The van der Waals surface area contributed by atoms with Crippen LogP contribution in [-0.2, 0) is 6.42 Å². The largest absolute Gasteiger partial charge is 0.294 e. The van der Waals surface area contributed by atoms with E-state index in [9.17, 15) is 4.79 Å². The SMILES string of the molecule is Cc1ccc(C(=O)Cc2ccc(Br)s2)cc1. The van der Waals surface area contributed by atoms with Crippen LogP contribution in [-0.4, -0.2) is 5.78 Å². The number of carbonyl (C=O) groups excluding carboxylic acids is 1. The maximum atomic E-state index is 11.9. The molecule has 0 aliphatic rings. The third-order valence-electron chi connectivity index (χ3n) is 2.34. The molecule has 0 bridgehead atoms. The zero-order valence-corrected chi connectivity index (χ0v) is 11.3. The van der Waals surface area contributed by atoms with Crippen molar-refractivity contribution in [2.45, 2.75) is 13.3 Å². The van der Waals surface area contributed by atoms with Crippen LogP contribution in [0.3, 0.4) is 0 Å². The fourth-order valence-corrected chi connectivity index (χ4v) is 2.93. The Balaban J connectivity index is 2.11. The topological polar surface area (TPSA) is 17.1 Å². The van der Waals surface area contributed by atoms with E-state index >= 15 is 0 Å². The molecule has 0 atom stereocenters. The first-order valence-electron chi connectivity index (χ1n) is 4.99. The molecule has 0 aliphatic heterocycles. The molecular formula is C13H11BrOS. The number of thiophene rings is 1. The molecule has 0 amide bonds. The first kappa shape index (κ1) is 11.6. The summed E-state index contributed by atoms with van der Waals surface area (Å²) in [6.45, 7) is 2.02. The summed E-state index contributed by atoms with van der Waals surface area (Å²) in [5.41, 5.74) is 1.96. The van der Waals surface area contributed by atoms with Crippen LogP contribution in [0, 0.1) is 6.92 Å². The van der Waals surface area contributed by atoms with Gasteiger partial charge in [-0.1, -0.05) is 29.8 Å². The van der Waals surface area contributed by atoms with Gasteiger partial charge in [-0.05, 0) is 35.0 Å². The number of benzene rings is 1. The molecule has 0 fully saturated rings. The van der Waals surface area contributed by atoms with Gasteiger partial charge in [-0.15, -0.1) is 11.3 Å². The Hall–Kier alpha value is -0.930. The third-order valence-corrected chi connectivity index (χ3v) is 3.96. The van der Waals surface area contributed by atoms with Crippen molar-refractivity contribution in [2.75, 3.05) is 0 Å². The molecule has 2 aromatic rings. The van der Waals surface area contributed by atoms with E-state index in [-0.39, 0.29) is 5.78 Å². The van der Waals surface area contributed by atoms with Crippen LogP contribution in [0.2, 0.25) is 0 Å². The van der Waals surface area contributed by atoms with Crippen molar-refractivity contribution in [1.29, 1.82) is 0 Å². The Labute approximate surface area is 107 Å². The summed E-state index contributed by atoms with van der Waals surface area (Å²) in [5.74, 6) is 0.175. The monoisotopic (exact) mass is 294 g/mol. The van der Waals surface area contributed by atoms with E-state index in [4.69, 9.17) is 0 Å². The molecule has 0 saturated carbocycles. The number of hydrogen-bond acceptors (Lipinski definition) is 2. The predicted molar refractivity (Wildman–Crippen MR) is 71.2 cm³/mol. The van der Waals surface area contributed by atoms with Crippen molar-refractivity contribution in [3.8, 4) is 0 Å². The zero-order valence-electron chi connectivity index (χ0n) is 8.87. The molecule has 1 aromatic carbocycles. The molecule has 16 heavy (non-hydrogen) atoms. The summed E-state index contributed by atoms with van der Waals surface area (Å²) in [6.07, 6.45) is 0.485. The smallest absolute Gasteiger partial charge is 0.168 e. The minimum Gasteiger partial charge on any atom is -0.294 e. The second-order valence-corrected chi connectivity index (χ2v) is 6.22. The second-order valence-electron chi connectivity index (χ2n) is 3.67. The number of Topliss-reactive ketones (excluding diaryl/α,β-unsaturated/α-hetero) is 1. The molecule has 0 radical (unpaired) electrons. The van der Waals surface area contributed by atoms with Gasteiger partial charge in [0.15, 0.2) is 5.78 Å². The molecule has 0 aliphatic carbocycles. The molecule has 0 unspecified atom stereocenters. The Morgan fingerprint density at radius 1 is 1.19 bits per heavy atom. The number of rotatable bonds is 3. The van der Waals surface area contributed by atoms with Gasteiger partial charge in [0.1, 0.15) is 0 Å². The number of aryl methyl sites for hydroxylation is 1. The Morgan fingerprint density at radius 3 is 2.44 bits per heavy atom. The fourth-order valence-electron chi connectivity index (χ4n) is 1.45. The molecule has 1 aromatic heterocycles. The van der Waals surface area contributed by atoms with Crippen LogP contribution >= 0.6 is 27.3 Å². The molecule has 1 nitrogen and oxygen atoms in total. The zero-order chi connectivity index (χ0) is 11.5. The van der Waals surface area contributed by atoms with Gasteiger partial charge in [-0.2, -0.15) is 0 Å². The van der Waals surface area contributed by atoms with Gasteiger partial charge >= 0.3 is 0 Å². The van der Waals surface area contributed by atoms with Gasteiger partial charge in [0, 0.05) is 16.9 Å². The van der Waals surface area contributed by atoms with E-state index in [2.05, 4.69) is 15.9 Å². The maximum Gasteiger partial charge on any atom is 0.168 e. The van der Waals surface area contributed by atoms with Crippen LogP contribution in [0.25, 0.3) is 0 Å². The standard InChI is InChI=1S/C13H11BrOS/c1-9-2-4-10(5-3-9)12(15)8-11-6-7-13(14)16-11/h2-7H,8H2,1H3. The third kappa shape index (κ3) is 2.80. The molecule has 2 rings (SSSR count). The van der Waals surface area contributed by atoms with Crippen molar-refractivity contribution in [3.63, 3.8) is 0 Å². The summed E-state index contributed by atoms with van der Waals surface area (Å²) in [7, 11) is 0. The van der Waals surface area contributed by atoms with E-state index in [0.717, 1.165) is 14.2 Å². The quantitative estimate of drug-likeness (QED) is 0.774. The lowest BCUT2D eigenvalue weighted by Crippen LogP contribution is -2.01. The van der Waals surface area contributed by atoms with Crippen molar-refractivity contribution in [1.82, 2.24) is 0 Å². The highest BCUT2D eigenvalue weighted by molar-refractivity contribution is 9.11. The van der Waals surface area contributed by atoms with E-state index in [1.165, 1.54) is 5.56 Å². The van der Waals surface area contributed by atoms with Gasteiger partial charge in [-0.25, -0.2) is 0 Å². The second kappa shape index (κ2) is 4.93. The molecule has 0 spiro atoms. The highest BCUT2D eigenvalue weighted by atomic mass is 79.9. The summed E-state index contributed by atoms with van der Waals surface area (Å²) in [4.78, 5) is 13.0. The Kier molecular flexibility index (Phi) is 3.56. The normalized spacial score (nSPS) is 10.4. The molecular weight excluding hydrogens is 284 g/mol. The molecule has 3 heteroatoms. The Bertz CT molecular complexity index is 499. The number of ketones is 1. The molecule has 82 valence electrons. The fraction of sp³-hybridized carbons (Fsp3) is 0.154. The van der Waals surface area contributed by atoms with Crippen LogP contribution in [0.4, 0.5) is 0 Å². The lowest BCUT2D eigenvalue weighted by atomic mass is 10.1. The highest BCUT2D eigenvalue weighted by Crippen LogP contribution is 2.23. The van der Waals surface area contributed by atoms with Gasteiger partial charge in [0.2, 0.25) is 0 Å². The number of halogens is 1. The van der Waals surface area contributed by atoms with E-state index in [1.54, 1.807) is 11.3 Å². The van der Waals surface area contributed by atoms with E-state index in [1.807, 2.05) is 43.3 Å². The van der Waals surface area contributed by atoms with Crippen LogP contribution in [0.5, 0.6) is 0 Å². The van der Waals surface area contributed by atoms with Crippen LogP contribution in [0.15, 0.2) is 40.2 Å². The van der Waals surface area contributed by atoms with Crippen LogP contribution < -0.4 is 0 Å². The average Bonchev–Trinajstić information content (AvgIpc) is 2.65. The minimum atomic E-state index is 0.175. The first-order chi connectivity index (χ1) is 7.65. The first-order valence-corrected chi connectivity index (χ1v) is 6.60. The summed E-state index contributed by atoms with van der Waals surface area (Å²) >= 11 is 5.00. The van der Waals surface area contributed by atoms with Crippen molar-refractivity contribution >= 4 is 33.0 Å². The summed E-state index contributed by atoms with van der Waals surface area (Å²) in [5, 5.41) is 0.